The number of amides is 1. The summed E-state index contributed by atoms with van der Waals surface area (Å²) in [7, 11) is -3.93. The van der Waals surface area contributed by atoms with Crippen LogP contribution < -0.4 is 11.1 Å². The Labute approximate surface area is 111 Å². The van der Waals surface area contributed by atoms with Crippen molar-refractivity contribution in [3.8, 4) is 0 Å². The Kier molecular flexibility index (Phi) is 4.52. The molecule has 3 N–H and O–H groups in total. The van der Waals surface area contributed by atoms with Crippen LogP contribution in [0, 0.1) is 5.82 Å². The predicted molar refractivity (Wildman–Crippen MR) is 70.7 cm³/mol. The lowest BCUT2D eigenvalue weighted by molar-refractivity contribution is -0.120. The molecule has 1 aromatic carbocycles. The molecule has 0 saturated heterocycles. The van der Waals surface area contributed by atoms with Crippen molar-refractivity contribution in [2.75, 3.05) is 5.73 Å². The van der Waals surface area contributed by atoms with E-state index in [-0.39, 0.29) is 16.6 Å². The fourth-order valence-corrected chi connectivity index (χ4v) is 2.89. The van der Waals surface area contributed by atoms with Crippen LogP contribution >= 0.6 is 0 Å². The Balaban J connectivity index is 3.13. The third-order valence-corrected chi connectivity index (χ3v) is 4.67. The van der Waals surface area contributed by atoms with Gasteiger partial charge in [0, 0.05) is 6.04 Å². The van der Waals surface area contributed by atoms with Crippen LogP contribution in [-0.2, 0) is 14.6 Å². The fraction of sp³-hybridized carbons (Fsp3) is 0.417. The van der Waals surface area contributed by atoms with Crippen molar-refractivity contribution >= 4 is 21.4 Å². The van der Waals surface area contributed by atoms with E-state index in [1.54, 1.807) is 13.8 Å². The van der Waals surface area contributed by atoms with Gasteiger partial charge in [-0.2, -0.15) is 0 Å². The van der Waals surface area contributed by atoms with Crippen molar-refractivity contribution in [3.05, 3.63) is 24.0 Å². The lowest BCUT2D eigenvalue weighted by Gasteiger charge is -2.16. The summed E-state index contributed by atoms with van der Waals surface area (Å²) in [6.45, 7) is 4.73. The Hall–Kier alpha value is -1.63. The zero-order valence-electron chi connectivity index (χ0n) is 11.0. The number of nitrogens with one attached hydrogen (secondary N) is 1. The van der Waals surface area contributed by atoms with Crippen molar-refractivity contribution in [3.63, 3.8) is 0 Å². The summed E-state index contributed by atoms with van der Waals surface area (Å²) >= 11 is 0. The average Bonchev–Trinajstić information content (AvgIpc) is 2.26. The van der Waals surface area contributed by atoms with Crippen LogP contribution in [0.5, 0.6) is 0 Å². The molecule has 0 spiro atoms. The normalized spacial score (nSPS) is 13.3. The van der Waals surface area contributed by atoms with Crippen molar-refractivity contribution in [2.24, 2.45) is 0 Å². The molecule has 1 aromatic rings. The molecule has 0 fully saturated rings. The van der Waals surface area contributed by atoms with Crippen LogP contribution in [0.4, 0.5) is 10.1 Å². The van der Waals surface area contributed by atoms with Gasteiger partial charge < -0.3 is 11.1 Å². The molecule has 0 aromatic heterocycles. The number of rotatable bonds is 4. The third-order valence-electron chi connectivity index (χ3n) is 2.54. The molecule has 0 aliphatic rings. The molecule has 0 aliphatic heterocycles. The molecule has 106 valence electrons. The highest BCUT2D eigenvalue weighted by molar-refractivity contribution is 7.93. The molecule has 0 saturated carbocycles. The minimum Gasteiger partial charge on any atom is -0.398 e. The Bertz CT molecular complexity index is 585. The number of carbonyl (C=O) groups excluding carboxylic acids is 1. The number of hydrogen-bond donors (Lipinski definition) is 2. The molecular weight excluding hydrogens is 271 g/mol. The summed E-state index contributed by atoms with van der Waals surface area (Å²) in [5, 5.41) is 1.23. The topological polar surface area (TPSA) is 89.3 Å². The van der Waals surface area contributed by atoms with E-state index < -0.39 is 26.8 Å². The van der Waals surface area contributed by atoms with E-state index in [1.165, 1.54) is 6.92 Å². The largest absolute Gasteiger partial charge is 0.398 e. The zero-order chi connectivity index (χ0) is 14.8. The first-order valence-corrected chi connectivity index (χ1v) is 7.30. The summed E-state index contributed by atoms with van der Waals surface area (Å²) in [6, 6.07) is 2.81. The van der Waals surface area contributed by atoms with Gasteiger partial charge in [0.15, 0.2) is 9.84 Å². The maximum absolute atomic E-state index is 12.9. The molecule has 0 aliphatic carbocycles. The molecule has 1 atom stereocenters. The first-order valence-electron chi connectivity index (χ1n) is 5.75. The number of nitrogen functional groups attached to an aromatic ring is 1. The number of sulfone groups is 1. The standard InChI is InChI=1S/C12H17FN2O3S/c1-7(2)15-12(16)8(3)19(17,18)11-5-4-9(13)6-10(11)14/h4-8H,14H2,1-3H3,(H,15,16). The van der Waals surface area contributed by atoms with Gasteiger partial charge in [-0.1, -0.05) is 0 Å². The fourth-order valence-electron chi connectivity index (χ4n) is 1.51. The van der Waals surface area contributed by atoms with E-state index in [0.717, 1.165) is 18.2 Å². The number of nitrogens with two attached hydrogens (primary N) is 1. The van der Waals surface area contributed by atoms with E-state index in [0.29, 0.717) is 0 Å². The molecule has 7 heteroatoms. The molecule has 1 unspecified atom stereocenters. The first-order chi connectivity index (χ1) is 8.66. The lowest BCUT2D eigenvalue weighted by atomic mass is 10.3. The summed E-state index contributed by atoms with van der Waals surface area (Å²) < 4.78 is 37.4. The van der Waals surface area contributed by atoms with Crippen LogP contribution in [0.15, 0.2) is 23.1 Å². The number of halogens is 1. The van der Waals surface area contributed by atoms with E-state index in [1.807, 2.05) is 0 Å². The number of benzene rings is 1. The molecule has 5 nitrogen and oxygen atoms in total. The lowest BCUT2D eigenvalue weighted by Crippen LogP contribution is -2.41. The summed E-state index contributed by atoms with van der Waals surface area (Å²) in [6.07, 6.45) is 0. The molecule has 0 heterocycles. The Morgan fingerprint density at radius 2 is 1.89 bits per heavy atom. The highest BCUT2D eigenvalue weighted by atomic mass is 32.2. The van der Waals surface area contributed by atoms with Gasteiger partial charge in [-0.3, -0.25) is 4.79 Å². The van der Waals surface area contributed by atoms with Gasteiger partial charge in [-0.15, -0.1) is 0 Å². The second kappa shape index (κ2) is 5.56. The number of carbonyl (C=O) groups is 1. The molecule has 0 radical (unpaired) electrons. The SMILES string of the molecule is CC(C)NC(=O)C(C)S(=O)(=O)c1ccc(F)cc1N. The molecule has 19 heavy (non-hydrogen) atoms. The van der Waals surface area contributed by atoms with Gasteiger partial charge in [0.1, 0.15) is 11.1 Å². The van der Waals surface area contributed by atoms with Crippen LogP contribution in [0.1, 0.15) is 20.8 Å². The highest BCUT2D eigenvalue weighted by Crippen LogP contribution is 2.23. The maximum atomic E-state index is 12.9. The van der Waals surface area contributed by atoms with Gasteiger partial charge in [-0.25, -0.2) is 12.8 Å². The Morgan fingerprint density at radius 3 is 2.37 bits per heavy atom. The van der Waals surface area contributed by atoms with Crippen molar-refractivity contribution in [2.45, 2.75) is 37.0 Å². The maximum Gasteiger partial charge on any atom is 0.238 e. The van der Waals surface area contributed by atoms with Gasteiger partial charge in [0.05, 0.1) is 10.6 Å². The van der Waals surface area contributed by atoms with Crippen molar-refractivity contribution < 1.29 is 17.6 Å². The van der Waals surface area contributed by atoms with E-state index in [2.05, 4.69) is 5.32 Å². The minimum absolute atomic E-state index is 0.171. The molecule has 1 rings (SSSR count). The predicted octanol–water partition coefficient (Wildman–Crippen LogP) is 1.09. The second-order valence-corrected chi connectivity index (χ2v) is 6.77. The van der Waals surface area contributed by atoms with Gasteiger partial charge in [-0.05, 0) is 39.0 Å². The third kappa shape index (κ3) is 3.44. The second-order valence-electron chi connectivity index (χ2n) is 4.53. The highest BCUT2D eigenvalue weighted by Gasteiger charge is 2.31. The van der Waals surface area contributed by atoms with Crippen LogP contribution in [0.25, 0.3) is 0 Å². The number of anilines is 1. The molecular formula is C12H17FN2O3S. The van der Waals surface area contributed by atoms with Crippen molar-refractivity contribution in [1.82, 2.24) is 5.32 Å². The zero-order valence-corrected chi connectivity index (χ0v) is 11.8. The van der Waals surface area contributed by atoms with Gasteiger partial charge in [0.2, 0.25) is 5.91 Å². The molecule has 0 bridgehead atoms. The average molecular weight is 288 g/mol. The monoisotopic (exact) mass is 288 g/mol. The summed E-state index contributed by atoms with van der Waals surface area (Å²) in [4.78, 5) is 11.5. The van der Waals surface area contributed by atoms with E-state index in [9.17, 15) is 17.6 Å². The van der Waals surface area contributed by atoms with Gasteiger partial charge >= 0.3 is 0 Å². The smallest absolute Gasteiger partial charge is 0.238 e. The first kappa shape index (κ1) is 15.4. The summed E-state index contributed by atoms with van der Waals surface area (Å²) in [5.74, 6) is -1.24. The Morgan fingerprint density at radius 1 is 1.32 bits per heavy atom. The van der Waals surface area contributed by atoms with E-state index in [4.69, 9.17) is 5.73 Å². The van der Waals surface area contributed by atoms with Crippen LogP contribution in [-0.4, -0.2) is 25.6 Å². The quantitative estimate of drug-likeness (QED) is 0.641. The summed E-state index contributed by atoms with van der Waals surface area (Å²) in [5.41, 5.74) is 5.29. The minimum atomic E-state index is -3.93. The van der Waals surface area contributed by atoms with Crippen LogP contribution in [0.2, 0.25) is 0 Å². The molecule has 1 amide bonds. The van der Waals surface area contributed by atoms with Gasteiger partial charge in [0.25, 0.3) is 0 Å². The van der Waals surface area contributed by atoms with Crippen molar-refractivity contribution in [1.29, 1.82) is 0 Å². The number of hydrogen-bond acceptors (Lipinski definition) is 4. The van der Waals surface area contributed by atoms with Crippen LogP contribution in [0.3, 0.4) is 0 Å². The van der Waals surface area contributed by atoms with E-state index >= 15 is 0 Å².